The number of nitrogens with zero attached hydrogens (tertiary/aromatic N) is 2. The van der Waals surface area contributed by atoms with Crippen molar-refractivity contribution in [3.05, 3.63) is 74.9 Å². The van der Waals surface area contributed by atoms with Gasteiger partial charge in [-0.05, 0) is 30.7 Å². The molecule has 0 saturated heterocycles. The zero-order valence-electron chi connectivity index (χ0n) is 15.7. The number of hydrogen-bond donors (Lipinski definition) is 0. The molecule has 0 spiro atoms. The second kappa shape index (κ2) is 7.48. The minimum absolute atomic E-state index is 0.0974. The second-order valence-corrected chi connectivity index (χ2v) is 7.38. The third kappa shape index (κ3) is 3.50. The summed E-state index contributed by atoms with van der Waals surface area (Å²) in [6.07, 6.45) is 0. The standard InChI is InChI=1S/C21H16N2O5S/c1-12-6-5-9-16-18(12)23(11-17(24)27-2)21(29-16)22-19(25)14-10-13-7-3-4-8-15(13)28-20(14)26/h3-10H,11H2,1-2H3. The Balaban J connectivity index is 1.90. The third-order valence-corrected chi connectivity index (χ3v) is 5.53. The number of rotatable bonds is 3. The number of amides is 1. The van der Waals surface area contributed by atoms with Crippen LogP contribution >= 0.6 is 11.3 Å². The van der Waals surface area contributed by atoms with E-state index in [0.717, 1.165) is 15.8 Å². The quantitative estimate of drug-likeness (QED) is 0.384. The fourth-order valence-corrected chi connectivity index (χ4v) is 4.20. The molecule has 0 unspecified atom stereocenters. The minimum Gasteiger partial charge on any atom is -0.468 e. The maximum Gasteiger partial charge on any atom is 0.349 e. The predicted molar refractivity (Wildman–Crippen MR) is 109 cm³/mol. The van der Waals surface area contributed by atoms with Crippen LogP contribution in [0.2, 0.25) is 0 Å². The molecule has 0 aliphatic rings. The molecular weight excluding hydrogens is 392 g/mol. The van der Waals surface area contributed by atoms with Gasteiger partial charge in [-0.15, -0.1) is 0 Å². The van der Waals surface area contributed by atoms with Gasteiger partial charge >= 0.3 is 11.6 Å². The van der Waals surface area contributed by atoms with Crippen LogP contribution < -0.4 is 10.4 Å². The Morgan fingerprint density at radius 1 is 1.17 bits per heavy atom. The monoisotopic (exact) mass is 408 g/mol. The molecule has 7 nitrogen and oxygen atoms in total. The molecule has 29 heavy (non-hydrogen) atoms. The van der Waals surface area contributed by atoms with Crippen LogP contribution in [0.5, 0.6) is 0 Å². The Morgan fingerprint density at radius 2 is 1.97 bits per heavy atom. The number of benzene rings is 2. The average molecular weight is 408 g/mol. The second-order valence-electron chi connectivity index (χ2n) is 6.37. The molecule has 1 amide bonds. The van der Waals surface area contributed by atoms with Crippen LogP contribution in [0.3, 0.4) is 0 Å². The summed E-state index contributed by atoms with van der Waals surface area (Å²) in [4.78, 5) is 41.4. The van der Waals surface area contributed by atoms with Crippen LogP contribution in [0, 0.1) is 6.92 Å². The summed E-state index contributed by atoms with van der Waals surface area (Å²) >= 11 is 1.26. The van der Waals surface area contributed by atoms with Crippen molar-refractivity contribution in [3.8, 4) is 0 Å². The first kappa shape index (κ1) is 18.8. The number of fused-ring (bicyclic) bond motifs is 2. The largest absolute Gasteiger partial charge is 0.468 e. The van der Waals surface area contributed by atoms with Crippen molar-refractivity contribution in [1.29, 1.82) is 0 Å². The first-order valence-electron chi connectivity index (χ1n) is 8.75. The van der Waals surface area contributed by atoms with Gasteiger partial charge in [-0.2, -0.15) is 4.99 Å². The maximum atomic E-state index is 12.8. The predicted octanol–water partition coefficient (Wildman–Crippen LogP) is 3.03. The number of methoxy groups -OCH3 is 1. The molecule has 0 fully saturated rings. The Morgan fingerprint density at radius 3 is 2.76 bits per heavy atom. The van der Waals surface area contributed by atoms with Crippen LogP contribution in [0.1, 0.15) is 15.9 Å². The lowest BCUT2D eigenvalue weighted by Crippen LogP contribution is -2.23. The van der Waals surface area contributed by atoms with E-state index < -0.39 is 17.5 Å². The van der Waals surface area contributed by atoms with Gasteiger partial charge in [-0.3, -0.25) is 9.59 Å². The highest BCUT2D eigenvalue weighted by atomic mass is 32.1. The number of aryl methyl sites for hydroxylation is 1. The molecule has 0 N–H and O–H groups in total. The smallest absolute Gasteiger partial charge is 0.349 e. The Labute approximate surface area is 168 Å². The van der Waals surface area contributed by atoms with Crippen molar-refractivity contribution in [3.63, 3.8) is 0 Å². The zero-order chi connectivity index (χ0) is 20.5. The van der Waals surface area contributed by atoms with Crippen LogP contribution in [0.4, 0.5) is 0 Å². The van der Waals surface area contributed by atoms with Gasteiger partial charge in [0.25, 0.3) is 5.91 Å². The summed E-state index contributed by atoms with van der Waals surface area (Å²) < 4.78 is 12.5. The van der Waals surface area contributed by atoms with Crippen molar-refractivity contribution in [2.75, 3.05) is 7.11 Å². The van der Waals surface area contributed by atoms with Crippen molar-refractivity contribution < 1.29 is 18.7 Å². The molecule has 2 heterocycles. The van der Waals surface area contributed by atoms with Crippen LogP contribution in [-0.2, 0) is 16.1 Å². The molecule has 0 radical (unpaired) electrons. The SMILES string of the molecule is COC(=O)Cn1c(=NC(=O)c2cc3ccccc3oc2=O)sc2cccc(C)c21. The number of hydrogen-bond acceptors (Lipinski definition) is 6. The zero-order valence-corrected chi connectivity index (χ0v) is 16.5. The van der Waals surface area contributed by atoms with E-state index in [0.29, 0.717) is 15.8 Å². The molecule has 146 valence electrons. The van der Waals surface area contributed by atoms with Crippen molar-refractivity contribution in [2.24, 2.45) is 4.99 Å². The van der Waals surface area contributed by atoms with Gasteiger partial charge in [0.05, 0.1) is 17.3 Å². The highest BCUT2D eigenvalue weighted by Crippen LogP contribution is 2.21. The molecule has 4 rings (SSSR count). The third-order valence-electron chi connectivity index (χ3n) is 4.49. The van der Waals surface area contributed by atoms with Gasteiger partial charge in [-0.1, -0.05) is 41.7 Å². The molecule has 0 saturated carbocycles. The number of para-hydroxylation sites is 2. The van der Waals surface area contributed by atoms with E-state index in [1.165, 1.54) is 24.5 Å². The molecular formula is C21H16N2O5S. The molecule has 8 heteroatoms. The van der Waals surface area contributed by atoms with E-state index in [4.69, 9.17) is 9.15 Å². The minimum atomic E-state index is -0.755. The topological polar surface area (TPSA) is 90.9 Å². The number of esters is 1. The molecule has 2 aromatic carbocycles. The number of carbonyl (C=O) groups excluding carboxylic acids is 2. The molecule has 2 aromatic heterocycles. The summed E-state index contributed by atoms with van der Waals surface area (Å²) in [5.41, 5.74) is 1.20. The lowest BCUT2D eigenvalue weighted by Gasteiger charge is -2.05. The van der Waals surface area contributed by atoms with Crippen LogP contribution in [0.15, 0.2) is 62.7 Å². The van der Waals surface area contributed by atoms with Crippen LogP contribution in [-0.4, -0.2) is 23.6 Å². The molecule has 0 atom stereocenters. The fraction of sp³-hybridized carbons (Fsp3) is 0.143. The summed E-state index contributed by atoms with van der Waals surface area (Å²) in [6.45, 7) is 1.81. The summed E-state index contributed by atoms with van der Waals surface area (Å²) in [6, 6.07) is 14.1. The van der Waals surface area contributed by atoms with Crippen molar-refractivity contribution in [1.82, 2.24) is 4.57 Å². The van der Waals surface area contributed by atoms with E-state index in [2.05, 4.69) is 4.99 Å². The highest BCUT2D eigenvalue weighted by Gasteiger charge is 2.16. The van der Waals surface area contributed by atoms with Gasteiger partial charge in [0.15, 0.2) is 4.80 Å². The van der Waals surface area contributed by atoms with Gasteiger partial charge in [-0.25, -0.2) is 4.79 Å². The summed E-state index contributed by atoms with van der Waals surface area (Å²) in [5.74, 6) is -1.20. The number of aromatic nitrogens is 1. The van der Waals surface area contributed by atoms with Crippen LogP contribution in [0.25, 0.3) is 21.2 Å². The maximum absolute atomic E-state index is 12.8. The van der Waals surface area contributed by atoms with Crippen molar-refractivity contribution in [2.45, 2.75) is 13.5 Å². The first-order chi connectivity index (χ1) is 14.0. The molecule has 0 aliphatic heterocycles. The lowest BCUT2D eigenvalue weighted by molar-refractivity contribution is -0.141. The fourth-order valence-electron chi connectivity index (χ4n) is 3.09. The molecule has 0 bridgehead atoms. The Kier molecular flexibility index (Phi) is 4.85. The lowest BCUT2D eigenvalue weighted by atomic mass is 10.2. The van der Waals surface area contributed by atoms with Gasteiger partial charge < -0.3 is 13.7 Å². The molecule has 0 aliphatic carbocycles. The van der Waals surface area contributed by atoms with Gasteiger partial charge in [0.1, 0.15) is 17.7 Å². The number of carbonyl (C=O) groups is 2. The summed E-state index contributed by atoms with van der Waals surface area (Å²) in [5, 5.41) is 0.625. The number of ether oxygens (including phenoxy) is 1. The average Bonchev–Trinajstić information content (AvgIpc) is 3.05. The van der Waals surface area contributed by atoms with Gasteiger partial charge in [0.2, 0.25) is 0 Å². The van der Waals surface area contributed by atoms with E-state index in [-0.39, 0.29) is 12.1 Å². The molecule has 4 aromatic rings. The first-order valence-corrected chi connectivity index (χ1v) is 9.57. The van der Waals surface area contributed by atoms with E-state index in [9.17, 15) is 14.4 Å². The Hall–Kier alpha value is -3.52. The number of thiazole rings is 1. The summed E-state index contributed by atoms with van der Waals surface area (Å²) in [7, 11) is 1.30. The van der Waals surface area contributed by atoms with Crippen molar-refractivity contribution >= 4 is 44.4 Å². The van der Waals surface area contributed by atoms with Gasteiger partial charge in [0, 0.05) is 5.39 Å². The van der Waals surface area contributed by atoms with E-state index in [1.54, 1.807) is 28.8 Å². The normalized spacial score (nSPS) is 11.9. The van der Waals surface area contributed by atoms with E-state index in [1.807, 2.05) is 25.1 Å². The van der Waals surface area contributed by atoms with E-state index >= 15 is 0 Å². The Bertz CT molecular complexity index is 1390. The highest BCUT2D eigenvalue weighted by molar-refractivity contribution is 7.16.